The fourth-order valence-corrected chi connectivity index (χ4v) is 4.67. The minimum atomic E-state index is 0.378. The van der Waals surface area contributed by atoms with Gasteiger partial charge in [0.25, 0.3) is 0 Å². The normalized spacial score (nSPS) is 12.5. The highest BCUT2D eigenvalue weighted by Crippen LogP contribution is 2.46. The maximum atomic E-state index is 5.60. The zero-order valence-electron chi connectivity index (χ0n) is 17.7. The van der Waals surface area contributed by atoms with E-state index in [1.807, 2.05) is 16.4 Å². The molecule has 4 aromatic rings. The van der Waals surface area contributed by atoms with Crippen LogP contribution in [-0.2, 0) is 16.0 Å². The Morgan fingerprint density at radius 1 is 1.12 bits per heavy atom. The molecule has 1 aromatic carbocycles. The number of anilines is 2. The van der Waals surface area contributed by atoms with Gasteiger partial charge in [-0.2, -0.15) is 0 Å². The molecule has 5 rings (SSSR count). The Kier molecular flexibility index (Phi) is 5.46. The fraction of sp³-hybridized carbons (Fsp3) is 0.227. The third kappa shape index (κ3) is 3.57. The molecule has 0 radical (unpaired) electrons. The molecule has 0 spiro atoms. The highest BCUT2D eigenvalue weighted by molar-refractivity contribution is 7.99. The number of ether oxygens (including phenoxy) is 2. The van der Waals surface area contributed by atoms with E-state index in [-0.39, 0.29) is 0 Å². The Labute approximate surface area is 189 Å². The monoisotopic (exact) mass is 447 g/mol. The fourth-order valence-electron chi connectivity index (χ4n) is 3.69. The lowest BCUT2D eigenvalue weighted by molar-refractivity contribution is 0.204. The van der Waals surface area contributed by atoms with E-state index in [2.05, 4.69) is 49.7 Å². The predicted octanol–water partition coefficient (Wildman–Crippen LogP) is 3.88. The average molecular weight is 448 g/mol. The smallest absolute Gasteiger partial charge is 0.181 e. The Hall–Kier alpha value is -3.50. The van der Waals surface area contributed by atoms with E-state index in [1.54, 1.807) is 37.6 Å². The number of imidazole rings is 1. The molecule has 0 unspecified atom stereocenters. The van der Waals surface area contributed by atoms with Crippen LogP contribution in [0.4, 0.5) is 11.5 Å². The van der Waals surface area contributed by atoms with Crippen LogP contribution in [0.5, 0.6) is 0 Å². The first kappa shape index (κ1) is 20.4. The van der Waals surface area contributed by atoms with Crippen LogP contribution in [0.2, 0.25) is 0 Å². The van der Waals surface area contributed by atoms with E-state index >= 15 is 0 Å². The van der Waals surface area contributed by atoms with Crippen molar-refractivity contribution >= 4 is 40.2 Å². The van der Waals surface area contributed by atoms with Gasteiger partial charge in [-0.05, 0) is 24.6 Å². The lowest BCUT2D eigenvalue weighted by Gasteiger charge is -2.30. The van der Waals surface area contributed by atoms with E-state index in [9.17, 15) is 0 Å². The second-order valence-electron chi connectivity index (χ2n) is 7.06. The van der Waals surface area contributed by atoms with Crippen molar-refractivity contribution in [3.05, 3.63) is 61.1 Å². The molecule has 0 aliphatic carbocycles. The molecule has 0 N–H and O–H groups in total. The maximum absolute atomic E-state index is 5.60. The van der Waals surface area contributed by atoms with E-state index < -0.39 is 0 Å². The second-order valence-corrected chi connectivity index (χ2v) is 8.09. The lowest BCUT2D eigenvalue weighted by atomic mass is 10.1. The lowest BCUT2D eigenvalue weighted by Crippen LogP contribution is -2.24. The Morgan fingerprint density at radius 2 is 2.00 bits per heavy atom. The maximum Gasteiger partial charge on any atom is 0.181 e. The number of nitrogens with zero attached hydrogens (tertiary/aromatic N) is 7. The number of fused-ring (bicyclic) bond motifs is 3. The van der Waals surface area contributed by atoms with Crippen molar-refractivity contribution in [1.29, 1.82) is 0 Å². The van der Waals surface area contributed by atoms with E-state index in [0.717, 1.165) is 32.5 Å². The van der Waals surface area contributed by atoms with Crippen LogP contribution < -0.4 is 4.90 Å². The summed E-state index contributed by atoms with van der Waals surface area (Å²) < 4.78 is 13.1. The van der Waals surface area contributed by atoms with Crippen molar-refractivity contribution in [2.45, 2.75) is 23.4 Å². The molecule has 4 heterocycles. The zero-order chi connectivity index (χ0) is 22.1. The van der Waals surface area contributed by atoms with Gasteiger partial charge in [-0.3, -0.25) is 4.90 Å². The van der Waals surface area contributed by atoms with Crippen LogP contribution in [-0.4, -0.2) is 49.9 Å². The summed E-state index contributed by atoms with van der Waals surface area (Å²) >= 11 is 1.61. The van der Waals surface area contributed by atoms with Crippen LogP contribution in [0, 0.1) is 0 Å². The number of hydrogen-bond donors (Lipinski definition) is 0. The zero-order valence-corrected chi connectivity index (χ0v) is 18.5. The minimum Gasteiger partial charge on any atom is -0.492 e. The molecular weight excluding hydrogens is 426 g/mol. The largest absolute Gasteiger partial charge is 0.492 e. The molecule has 32 heavy (non-hydrogen) atoms. The van der Waals surface area contributed by atoms with Crippen LogP contribution >= 0.6 is 11.8 Å². The minimum absolute atomic E-state index is 0.378. The number of aromatic nitrogens is 6. The van der Waals surface area contributed by atoms with Gasteiger partial charge >= 0.3 is 0 Å². The van der Waals surface area contributed by atoms with Gasteiger partial charge in [-0.15, -0.1) is 0 Å². The van der Waals surface area contributed by atoms with Gasteiger partial charge in [-0.25, -0.2) is 24.9 Å². The molecular formula is C22H21N7O2S. The van der Waals surface area contributed by atoms with Gasteiger partial charge in [0, 0.05) is 30.9 Å². The summed E-state index contributed by atoms with van der Waals surface area (Å²) in [6, 6.07) is 6.35. The Morgan fingerprint density at radius 3 is 2.84 bits per heavy atom. The second kappa shape index (κ2) is 8.56. The first-order chi connectivity index (χ1) is 15.7. The first-order valence-electron chi connectivity index (χ1n) is 10.1. The highest BCUT2D eigenvalue weighted by atomic mass is 32.2. The molecule has 9 nitrogen and oxygen atoms in total. The molecule has 0 amide bonds. The Bertz CT molecular complexity index is 1310. The summed E-state index contributed by atoms with van der Waals surface area (Å²) in [5.41, 5.74) is 4.17. The Balaban J connectivity index is 1.53. The molecule has 3 aromatic heterocycles. The topological polar surface area (TPSA) is 91.1 Å². The van der Waals surface area contributed by atoms with Gasteiger partial charge in [0.2, 0.25) is 0 Å². The molecule has 0 saturated heterocycles. The molecule has 0 bridgehead atoms. The van der Waals surface area contributed by atoms with Gasteiger partial charge in [0.1, 0.15) is 35.1 Å². The van der Waals surface area contributed by atoms with Gasteiger partial charge in [0.05, 0.1) is 18.6 Å². The molecule has 0 atom stereocenters. The number of benzene rings is 1. The molecule has 162 valence electrons. The standard InChI is InChI=1S/C22H21N7O2S/c1-4-31-14(2)18-19-20(26-11-25-18)27-12-28(19)10-15-5-6-17-16(9-15)29(13-30-3)21-22(32-17)24-8-7-23-21/h5-9,11-12H,2,4,10,13H2,1,3H3. The van der Waals surface area contributed by atoms with Crippen molar-refractivity contribution in [2.24, 2.45) is 0 Å². The summed E-state index contributed by atoms with van der Waals surface area (Å²) in [5.74, 6) is 1.30. The van der Waals surface area contributed by atoms with Crippen molar-refractivity contribution in [1.82, 2.24) is 29.5 Å². The molecule has 10 heteroatoms. The summed E-state index contributed by atoms with van der Waals surface area (Å²) in [5, 5.41) is 0.863. The quantitative estimate of drug-likeness (QED) is 0.391. The number of hydrogen-bond acceptors (Lipinski definition) is 9. The predicted molar refractivity (Wildman–Crippen MR) is 122 cm³/mol. The van der Waals surface area contributed by atoms with Crippen molar-refractivity contribution in [3.63, 3.8) is 0 Å². The van der Waals surface area contributed by atoms with E-state index in [4.69, 9.17) is 9.47 Å². The third-order valence-corrected chi connectivity index (χ3v) is 6.07. The van der Waals surface area contributed by atoms with Crippen LogP contribution in [0.1, 0.15) is 18.2 Å². The average Bonchev–Trinajstić information content (AvgIpc) is 3.22. The van der Waals surface area contributed by atoms with Gasteiger partial charge in [-0.1, -0.05) is 24.4 Å². The number of methoxy groups -OCH3 is 1. The van der Waals surface area contributed by atoms with Gasteiger partial charge < -0.3 is 14.0 Å². The number of rotatable bonds is 7. The third-order valence-electron chi connectivity index (χ3n) is 5.03. The van der Waals surface area contributed by atoms with Crippen molar-refractivity contribution < 1.29 is 9.47 Å². The van der Waals surface area contributed by atoms with Crippen LogP contribution in [0.15, 0.2) is 59.7 Å². The molecule has 0 fully saturated rings. The summed E-state index contributed by atoms with van der Waals surface area (Å²) in [7, 11) is 1.67. The SMILES string of the molecule is C=C(OCC)c1ncnc2ncn(Cc3ccc4c(c3)N(COC)c3nccnc3S4)c12. The van der Waals surface area contributed by atoms with Gasteiger partial charge in [0.15, 0.2) is 11.5 Å². The molecule has 1 aliphatic rings. The van der Waals surface area contributed by atoms with Crippen LogP contribution in [0.3, 0.4) is 0 Å². The summed E-state index contributed by atoms with van der Waals surface area (Å²) in [6.07, 6.45) is 6.65. The molecule has 0 saturated carbocycles. The van der Waals surface area contributed by atoms with Crippen LogP contribution in [0.25, 0.3) is 16.9 Å². The summed E-state index contributed by atoms with van der Waals surface area (Å²) in [6.45, 7) is 7.41. The first-order valence-corrected chi connectivity index (χ1v) is 10.9. The van der Waals surface area contributed by atoms with E-state index in [0.29, 0.717) is 37.0 Å². The highest BCUT2D eigenvalue weighted by Gasteiger charge is 2.26. The van der Waals surface area contributed by atoms with Crippen molar-refractivity contribution in [3.8, 4) is 0 Å². The van der Waals surface area contributed by atoms with Crippen molar-refractivity contribution in [2.75, 3.05) is 25.3 Å². The molecule has 1 aliphatic heterocycles. The van der Waals surface area contributed by atoms with E-state index in [1.165, 1.54) is 6.33 Å². The summed E-state index contributed by atoms with van der Waals surface area (Å²) in [4.78, 5) is 25.3.